The molecular formula is C22H23NO4. The Morgan fingerprint density at radius 1 is 0.741 bits per heavy atom. The maximum Gasteiger partial charge on any atom is 0.220 e. The van der Waals surface area contributed by atoms with Crippen LogP contribution in [-0.4, -0.2) is 16.1 Å². The molecule has 0 spiro atoms. The summed E-state index contributed by atoms with van der Waals surface area (Å²) in [6, 6.07) is 24.9. The summed E-state index contributed by atoms with van der Waals surface area (Å²) < 4.78 is 11.7. The number of rotatable bonds is 8. The van der Waals surface area contributed by atoms with Crippen molar-refractivity contribution in [2.75, 3.05) is 0 Å². The molecular weight excluding hydrogens is 342 g/mol. The highest BCUT2D eigenvalue weighted by Gasteiger charge is 2.15. The number of hydrogen-bond donors (Lipinski definition) is 3. The molecule has 3 rings (SSSR count). The SMILES string of the molecule is NC(O)(O)CCc1ccc(Oc2cccc(OCc3ccccc3)c2)cc1. The van der Waals surface area contributed by atoms with Gasteiger partial charge in [-0.3, -0.25) is 5.73 Å². The lowest BCUT2D eigenvalue weighted by Gasteiger charge is -2.15. The molecule has 0 aliphatic carbocycles. The smallest absolute Gasteiger partial charge is 0.220 e. The van der Waals surface area contributed by atoms with Crippen LogP contribution in [0.4, 0.5) is 0 Å². The van der Waals surface area contributed by atoms with Crippen molar-refractivity contribution in [3.8, 4) is 17.2 Å². The molecule has 3 aromatic rings. The van der Waals surface area contributed by atoms with Gasteiger partial charge in [-0.1, -0.05) is 48.5 Å². The maximum atomic E-state index is 9.17. The molecule has 0 radical (unpaired) electrons. The van der Waals surface area contributed by atoms with Crippen LogP contribution in [0.5, 0.6) is 17.2 Å². The summed E-state index contributed by atoms with van der Waals surface area (Å²) in [5.41, 5.74) is 7.21. The van der Waals surface area contributed by atoms with E-state index in [0.717, 1.165) is 16.9 Å². The molecule has 0 saturated heterocycles. The van der Waals surface area contributed by atoms with E-state index >= 15 is 0 Å². The second-order valence-corrected chi connectivity index (χ2v) is 6.37. The molecule has 0 amide bonds. The highest BCUT2D eigenvalue weighted by molar-refractivity contribution is 5.37. The summed E-state index contributed by atoms with van der Waals surface area (Å²) in [7, 11) is 0. The van der Waals surface area contributed by atoms with Crippen LogP contribution in [-0.2, 0) is 13.0 Å². The average Bonchev–Trinajstić information content (AvgIpc) is 2.66. The van der Waals surface area contributed by atoms with Crippen molar-refractivity contribution in [3.63, 3.8) is 0 Å². The number of benzene rings is 3. The lowest BCUT2D eigenvalue weighted by molar-refractivity contribution is -0.159. The average molecular weight is 365 g/mol. The Hall–Kier alpha value is -2.86. The fourth-order valence-corrected chi connectivity index (χ4v) is 2.56. The summed E-state index contributed by atoms with van der Waals surface area (Å²) in [6.45, 7) is 0.497. The summed E-state index contributed by atoms with van der Waals surface area (Å²) in [6.07, 6.45) is 0.528. The first-order chi connectivity index (χ1) is 13.0. The number of hydrogen-bond acceptors (Lipinski definition) is 5. The molecule has 0 aromatic heterocycles. The van der Waals surface area contributed by atoms with Crippen LogP contribution < -0.4 is 15.2 Å². The Kier molecular flexibility index (Phi) is 6.08. The minimum atomic E-state index is -2.14. The number of ether oxygens (including phenoxy) is 2. The van der Waals surface area contributed by atoms with Gasteiger partial charge in [0.1, 0.15) is 23.9 Å². The van der Waals surface area contributed by atoms with Gasteiger partial charge in [-0.25, -0.2) is 0 Å². The van der Waals surface area contributed by atoms with Crippen molar-refractivity contribution in [3.05, 3.63) is 90.0 Å². The Morgan fingerprint density at radius 2 is 1.44 bits per heavy atom. The molecule has 3 aromatic carbocycles. The predicted molar refractivity (Wildman–Crippen MR) is 103 cm³/mol. The zero-order valence-electron chi connectivity index (χ0n) is 14.9. The number of aliphatic hydroxyl groups is 2. The van der Waals surface area contributed by atoms with Crippen molar-refractivity contribution in [2.45, 2.75) is 25.4 Å². The van der Waals surface area contributed by atoms with Gasteiger partial charge in [0.15, 0.2) is 0 Å². The third kappa shape index (κ3) is 6.42. The minimum absolute atomic E-state index is 0.0635. The molecule has 0 fully saturated rings. The molecule has 4 N–H and O–H groups in total. The van der Waals surface area contributed by atoms with Gasteiger partial charge >= 0.3 is 0 Å². The molecule has 0 heterocycles. The summed E-state index contributed by atoms with van der Waals surface area (Å²) in [4.78, 5) is 0. The maximum absolute atomic E-state index is 9.17. The van der Waals surface area contributed by atoms with Crippen molar-refractivity contribution in [1.29, 1.82) is 0 Å². The summed E-state index contributed by atoms with van der Waals surface area (Å²) in [5.74, 6) is -0.0425. The van der Waals surface area contributed by atoms with Crippen LogP contribution in [0.1, 0.15) is 17.5 Å². The minimum Gasteiger partial charge on any atom is -0.489 e. The van der Waals surface area contributed by atoms with Crippen LogP contribution in [0.15, 0.2) is 78.9 Å². The van der Waals surface area contributed by atoms with Gasteiger partial charge in [0, 0.05) is 12.5 Å². The van der Waals surface area contributed by atoms with Gasteiger partial charge in [0.25, 0.3) is 0 Å². The first kappa shape index (κ1) is 18.9. The summed E-state index contributed by atoms with van der Waals surface area (Å²) in [5, 5.41) is 18.3. The topological polar surface area (TPSA) is 84.9 Å². The standard InChI is InChI=1S/C22H23NO4/c23-22(24,25)14-13-17-9-11-19(12-10-17)27-21-8-4-7-20(15-21)26-16-18-5-2-1-3-6-18/h1-12,15,24-25H,13-14,16,23H2. The lowest BCUT2D eigenvalue weighted by atomic mass is 10.1. The molecule has 5 nitrogen and oxygen atoms in total. The van der Waals surface area contributed by atoms with Gasteiger partial charge < -0.3 is 19.7 Å². The van der Waals surface area contributed by atoms with E-state index in [9.17, 15) is 0 Å². The van der Waals surface area contributed by atoms with E-state index in [-0.39, 0.29) is 6.42 Å². The second kappa shape index (κ2) is 8.68. The normalized spacial score (nSPS) is 11.2. The molecule has 0 saturated carbocycles. The van der Waals surface area contributed by atoms with Gasteiger partial charge in [0.05, 0.1) is 0 Å². The second-order valence-electron chi connectivity index (χ2n) is 6.37. The molecule has 0 unspecified atom stereocenters. The Bertz CT molecular complexity index is 842. The molecule has 27 heavy (non-hydrogen) atoms. The Morgan fingerprint density at radius 3 is 2.15 bits per heavy atom. The van der Waals surface area contributed by atoms with E-state index < -0.39 is 5.91 Å². The van der Waals surface area contributed by atoms with E-state index in [4.69, 9.17) is 25.4 Å². The third-order valence-electron chi connectivity index (χ3n) is 3.99. The lowest BCUT2D eigenvalue weighted by Crippen LogP contribution is -2.39. The molecule has 140 valence electrons. The van der Waals surface area contributed by atoms with Crippen molar-refractivity contribution in [2.24, 2.45) is 5.73 Å². The van der Waals surface area contributed by atoms with Crippen molar-refractivity contribution >= 4 is 0 Å². The van der Waals surface area contributed by atoms with Gasteiger partial charge in [0.2, 0.25) is 5.91 Å². The van der Waals surface area contributed by atoms with E-state index in [2.05, 4.69) is 0 Å². The Balaban J connectivity index is 1.57. The van der Waals surface area contributed by atoms with E-state index in [1.807, 2.05) is 78.9 Å². The van der Waals surface area contributed by atoms with Crippen LogP contribution in [0.3, 0.4) is 0 Å². The van der Waals surface area contributed by atoms with E-state index in [0.29, 0.717) is 24.5 Å². The molecule has 0 aliphatic heterocycles. The van der Waals surface area contributed by atoms with Crippen LogP contribution >= 0.6 is 0 Å². The van der Waals surface area contributed by atoms with E-state index in [1.54, 1.807) is 0 Å². The first-order valence-electron chi connectivity index (χ1n) is 8.75. The van der Waals surface area contributed by atoms with Crippen molar-refractivity contribution in [1.82, 2.24) is 0 Å². The predicted octanol–water partition coefficient (Wildman–Crippen LogP) is 3.59. The fraction of sp³-hybridized carbons (Fsp3) is 0.182. The van der Waals surface area contributed by atoms with Crippen LogP contribution in [0.25, 0.3) is 0 Å². The van der Waals surface area contributed by atoms with Gasteiger partial charge in [-0.2, -0.15) is 0 Å². The molecule has 5 heteroatoms. The quantitative estimate of drug-likeness (QED) is 0.531. The highest BCUT2D eigenvalue weighted by Crippen LogP contribution is 2.26. The molecule has 0 bridgehead atoms. The van der Waals surface area contributed by atoms with Crippen LogP contribution in [0, 0.1) is 0 Å². The fourth-order valence-electron chi connectivity index (χ4n) is 2.56. The molecule has 0 atom stereocenters. The molecule has 0 aliphatic rings. The zero-order valence-corrected chi connectivity index (χ0v) is 14.9. The third-order valence-corrected chi connectivity index (χ3v) is 3.99. The van der Waals surface area contributed by atoms with Crippen molar-refractivity contribution < 1.29 is 19.7 Å². The number of aryl methyl sites for hydroxylation is 1. The first-order valence-corrected chi connectivity index (χ1v) is 8.75. The largest absolute Gasteiger partial charge is 0.489 e. The van der Waals surface area contributed by atoms with Gasteiger partial charge in [-0.05, 0) is 41.8 Å². The number of nitrogens with two attached hydrogens (primary N) is 1. The van der Waals surface area contributed by atoms with Crippen LogP contribution in [0.2, 0.25) is 0 Å². The van der Waals surface area contributed by atoms with E-state index in [1.165, 1.54) is 0 Å². The Labute approximate surface area is 158 Å². The summed E-state index contributed by atoms with van der Waals surface area (Å²) >= 11 is 0. The highest BCUT2D eigenvalue weighted by atomic mass is 16.5. The zero-order chi connectivity index (χ0) is 19.1. The van der Waals surface area contributed by atoms with Gasteiger partial charge in [-0.15, -0.1) is 0 Å². The monoisotopic (exact) mass is 365 g/mol.